The van der Waals surface area contributed by atoms with Gasteiger partial charge in [-0.05, 0) is 40.8 Å². The maximum absolute atomic E-state index is 13.3. The Morgan fingerprint density at radius 1 is 0.966 bits per heavy atom. The van der Waals surface area contributed by atoms with Crippen LogP contribution in [-0.4, -0.2) is 15.6 Å². The van der Waals surface area contributed by atoms with Crippen molar-refractivity contribution in [3.63, 3.8) is 0 Å². The van der Waals surface area contributed by atoms with Gasteiger partial charge in [-0.2, -0.15) is 0 Å². The van der Waals surface area contributed by atoms with Crippen LogP contribution in [0.5, 0.6) is 0 Å². The van der Waals surface area contributed by atoms with Crippen molar-refractivity contribution in [1.29, 1.82) is 0 Å². The van der Waals surface area contributed by atoms with Gasteiger partial charge in [0.15, 0.2) is 0 Å². The highest BCUT2D eigenvalue weighted by Gasteiger charge is 2.23. The molecular weight excluding hydrogens is 454 g/mol. The molecule has 6 heteroatoms. The second-order valence-corrected chi connectivity index (χ2v) is 7.89. The minimum atomic E-state index is -1.17. The van der Waals surface area contributed by atoms with Crippen molar-refractivity contribution >= 4 is 44.3 Å². The normalized spacial score (nSPS) is 11.0. The van der Waals surface area contributed by atoms with Gasteiger partial charge < -0.3 is 5.11 Å². The quantitative estimate of drug-likeness (QED) is 0.410. The molecule has 0 aliphatic rings. The van der Waals surface area contributed by atoms with Crippen LogP contribution < -0.4 is 5.56 Å². The predicted octanol–water partition coefficient (Wildman–Crippen LogP) is 5.83. The van der Waals surface area contributed by atoms with Gasteiger partial charge in [-0.15, -0.1) is 0 Å². The maximum atomic E-state index is 13.3. The third-order valence-corrected chi connectivity index (χ3v) is 5.65. The summed E-state index contributed by atoms with van der Waals surface area (Å²) < 4.78 is 2.06. The Bertz CT molecular complexity index is 1300. The van der Waals surface area contributed by atoms with E-state index in [9.17, 15) is 14.7 Å². The number of carbonyl (C=O) groups is 1. The van der Waals surface area contributed by atoms with Gasteiger partial charge in [0.2, 0.25) is 0 Å². The number of rotatable bonds is 4. The van der Waals surface area contributed by atoms with Crippen LogP contribution in [0.2, 0.25) is 5.02 Å². The minimum absolute atomic E-state index is 0.0615. The summed E-state index contributed by atoms with van der Waals surface area (Å²) in [6, 6.07) is 21.6. The molecule has 1 heterocycles. The fourth-order valence-electron chi connectivity index (χ4n) is 3.49. The van der Waals surface area contributed by atoms with Crippen LogP contribution in [0.15, 0.2) is 82.1 Å². The molecule has 4 aromatic rings. The number of nitrogens with zero attached hydrogens (tertiary/aromatic N) is 1. The van der Waals surface area contributed by atoms with E-state index in [2.05, 4.69) is 15.9 Å². The number of aromatic nitrogens is 1. The van der Waals surface area contributed by atoms with Gasteiger partial charge in [0.05, 0.1) is 6.54 Å². The smallest absolute Gasteiger partial charge is 0.353 e. The predicted molar refractivity (Wildman–Crippen MR) is 119 cm³/mol. The van der Waals surface area contributed by atoms with Crippen molar-refractivity contribution in [3.8, 4) is 11.1 Å². The number of benzene rings is 3. The average molecular weight is 469 g/mol. The molecule has 0 radical (unpaired) electrons. The van der Waals surface area contributed by atoms with Crippen molar-refractivity contribution in [2.75, 3.05) is 0 Å². The van der Waals surface area contributed by atoms with Gasteiger partial charge >= 0.3 is 5.97 Å². The molecule has 3 aromatic carbocycles. The van der Waals surface area contributed by atoms with Crippen molar-refractivity contribution in [2.24, 2.45) is 0 Å². The molecule has 4 nitrogen and oxygen atoms in total. The van der Waals surface area contributed by atoms with E-state index in [1.54, 1.807) is 36.4 Å². The summed E-state index contributed by atoms with van der Waals surface area (Å²) in [5.41, 5.74) is 1.47. The first kappa shape index (κ1) is 19.4. The lowest BCUT2D eigenvalue weighted by Crippen LogP contribution is -2.28. The van der Waals surface area contributed by atoms with E-state index in [1.165, 1.54) is 4.57 Å². The summed E-state index contributed by atoms with van der Waals surface area (Å²) in [5, 5.41) is 11.6. The van der Waals surface area contributed by atoms with E-state index >= 15 is 0 Å². The summed E-state index contributed by atoms with van der Waals surface area (Å²) in [6.07, 6.45) is 0. The van der Waals surface area contributed by atoms with Crippen molar-refractivity contribution in [3.05, 3.63) is 104 Å². The fraction of sp³-hybridized carbons (Fsp3) is 0.0435. The van der Waals surface area contributed by atoms with Crippen molar-refractivity contribution in [1.82, 2.24) is 4.57 Å². The standard InChI is InChI=1S/C23H15BrClNO3/c24-16-10-11-17-18(12-16)20(14-6-2-1-3-7-14)21(23(28)29)26(22(17)27)13-15-8-4-5-9-19(15)25/h1-12H,13H2,(H,28,29). The Labute approximate surface area is 180 Å². The zero-order valence-corrected chi connectivity index (χ0v) is 17.4. The second-order valence-electron chi connectivity index (χ2n) is 6.57. The summed E-state index contributed by atoms with van der Waals surface area (Å²) in [4.78, 5) is 25.7. The van der Waals surface area contributed by atoms with Gasteiger partial charge in [-0.25, -0.2) is 4.79 Å². The summed E-state index contributed by atoms with van der Waals surface area (Å²) in [7, 11) is 0. The zero-order valence-electron chi connectivity index (χ0n) is 15.1. The molecule has 1 N–H and O–H groups in total. The first-order chi connectivity index (χ1) is 14.0. The second kappa shape index (κ2) is 7.85. The molecule has 0 bridgehead atoms. The highest BCUT2D eigenvalue weighted by molar-refractivity contribution is 9.10. The third kappa shape index (κ3) is 3.59. The molecular formula is C23H15BrClNO3. The van der Waals surface area contributed by atoms with E-state index < -0.39 is 5.97 Å². The monoisotopic (exact) mass is 467 g/mol. The molecule has 0 unspecified atom stereocenters. The summed E-state index contributed by atoms with van der Waals surface area (Å²) in [6.45, 7) is 0.0615. The van der Waals surface area contributed by atoms with E-state index in [1.807, 2.05) is 36.4 Å². The van der Waals surface area contributed by atoms with Crippen LogP contribution in [0.25, 0.3) is 21.9 Å². The van der Waals surface area contributed by atoms with Gasteiger partial charge in [0.25, 0.3) is 5.56 Å². The molecule has 0 aliphatic heterocycles. The minimum Gasteiger partial charge on any atom is -0.477 e. The molecule has 0 saturated carbocycles. The van der Waals surface area contributed by atoms with Gasteiger partial charge in [-0.3, -0.25) is 9.36 Å². The van der Waals surface area contributed by atoms with Gasteiger partial charge in [0.1, 0.15) is 5.69 Å². The molecule has 1 aromatic heterocycles. The average Bonchev–Trinajstić information content (AvgIpc) is 2.71. The number of pyridine rings is 1. The number of carboxylic acids is 1. The van der Waals surface area contributed by atoms with Crippen LogP contribution >= 0.6 is 27.5 Å². The van der Waals surface area contributed by atoms with E-state index in [0.717, 1.165) is 10.0 Å². The molecule has 0 saturated heterocycles. The Hall–Kier alpha value is -2.89. The summed E-state index contributed by atoms with van der Waals surface area (Å²) in [5.74, 6) is -1.17. The summed E-state index contributed by atoms with van der Waals surface area (Å²) >= 11 is 9.72. The number of hydrogen-bond donors (Lipinski definition) is 1. The first-order valence-corrected chi connectivity index (χ1v) is 10.0. The maximum Gasteiger partial charge on any atom is 0.353 e. The zero-order chi connectivity index (χ0) is 20.5. The highest BCUT2D eigenvalue weighted by Crippen LogP contribution is 2.33. The van der Waals surface area contributed by atoms with E-state index in [4.69, 9.17) is 11.6 Å². The lowest BCUT2D eigenvalue weighted by atomic mass is 9.96. The highest BCUT2D eigenvalue weighted by atomic mass is 79.9. The van der Waals surface area contributed by atoms with Crippen LogP contribution in [0, 0.1) is 0 Å². The Kier molecular flexibility index (Phi) is 5.26. The van der Waals surface area contributed by atoms with E-state index in [-0.39, 0.29) is 17.8 Å². The number of aromatic carboxylic acids is 1. The van der Waals surface area contributed by atoms with E-state index in [0.29, 0.717) is 26.9 Å². The SMILES string of the molecule is O=C(O)c1c(-c2ccccc2)c2cc(Br)ccc2c(=O)n1Cc1ccccc1Cl. The molecule has 4 rings (SSSR count). The van der Waals surface area contributed by atoms with Gasteiger partial charge in [0, 0.05) is 20.4 Å². The number of halogens is 2. The van der Waals surface area contributed by atoms with Crippen molar-refractivity contribution < 1.29 is 9.90 Å². The molecule has 0 amide bonds. The fourth-order valence-corrected chi connectivity index (χ4v) is 4.04. The Morgan fingerprint density at radius 2 is 1.66 bits per heavy atom. The Balaban J connectivity index is 2.14. The number of fused-ring (bicyclic) bond motifs is 1. The molecule has 0 spiro atoms. The Morgan fingerprint density at radius 3 is 2.34 bits per heavy atom. The molecule has 29 heavy (non-hydrogen) atoms. The third-order valence-electron chi connectivity index (χ3n) is 4.78. The number of carboxylic acid groups (broad SMARTS) is 1. The first-order valence-electron chi connectivity index (χ1n) is 8.85. The van der Waals surface area contributed by atoms with Gasteiger partial charge in [-0.1, -0.05) is 76.1 Å². The van der Waals surface area contributed by atoms with Crippen LogP contribution in [0.4, 0.5) is 0 Å². The lowest BCUT2D eigenvalue weighted by molar-refractivity contribution is 0.0685. The van der Waals surface area contributed by atoms with Crippen LogP contribution in [0.3, 0.4) is 0 Å². The number of hydrogen-bond acceptors (Lipinski definition) is 2. The molecule has 0 fully saturated rings. The van der Waals surface area contributed by atoms with Crippen molar-refractivity contribution in [2.45, 2.75) is 6.54 Å². The molecule has 0 atom stereocenters. The largest absolute Gasteiger partial charge is 0.477 e. The molecule has 144 valence electrons. The topological polar surface area (TPSA) is 59.3 Å². The molecule has 0 aliphatic carbocycles. The lowest BCUT2D eigenvalue weighted by Gasteiger charge is -2.18. The van der Waals surface area contributed by atoms with Crippen LogP contribution in [0.1, 0.15) is 16.1 Å². The van der Waals surface area contributed by atoms with Crippen LogP contribution in [-0.2, 0) is 6.54 Å².